The van der Waals surface area contributed by atoms with Gasteiger partial charge in [0.2, 0.25) is 0 Å². The zero-order valence-corrected chi connectivity index (χ0v) is 11.4. The van der Waals surface area contributed by atoms with Gasteiger partial charge < -0.3 is 9.47 Å². The molecule has 0 saturated carbocycles. The summed E-state index contributed by atoms with van der Waals surface area (Å²) in [5.41, 5.74) is 0.929. The molecule has 94 valence electrons. The summed E-state index contributed by atoms with van der Waals surface area (Å²) < 4.78 is 24.0. The highest BCUT2D eigenvalue weighted by atomic mass is 79.9. The Hall–Kier alpha value is -0.610. The van der Waals surface area contributed by atoms with E-state index < -0.39 is 0 Å². The number of hydrogen-bond acceptors (Lipinski definition) is 2. The Bertz CT molecular complexity index is 378. The lowest BCUT2D eigenvalue weighted by Crippen LogP contribution is -2.08. The van der Waals surface area contributed by atoms with Crippen LogP contribution >= 0.6 is 15.9 Å². The molecule has 2 rings (SSSR count). The molecule has 17 heavy (non-hydrogen) atoms. The average molecular weight is 303 g/mol. The molecule has 2 nitrogen and oxygen atoms in total. The van der Waals surface area contributed by atoms with E-state index in [1.165, 1.54) is 13.2 Å². The number of rotatable bonds is 4. The van der Waals surface area contributed by atoms with Crippen molar-refractivity contribution in [3.8, 4) is 5.75 Å². The fraction of sp³-hybridized carbons (Fsp3) is 0.538. The molecule has 2 atom stereocenters. The molecule has 1 aliphatic heterocycles. The second-order valence-corrected chi connectivity index (χ2v) is 5.34. The lowest BCUT2D eigenvalue weighted by atomic mass is 10.0. The molecule has 0 N–H and O–H groups in total. The van der Waals surface area contributed by atoms with E-state index in [9.17, 15) is 4.39 Å². The molecular formula is C13H16BrFO2. The highest BCUT2D eigenvalue weighted by molar-refractivity contribution is 9.09. The Morgan fingerprint density at radius 1 is 1.59 bits per heavy atom. The Morgan fingerprint density at radius 3 is 3.00 bits per heavy atom. The van der Waals surface area contributed by atoms with Crippen LogP contribution in [0.5, 0.6) is 5.75 Å². The quantitative estimate of drug-likeness (QED) is 0.787. The van der Waals surface area contributed by atoms with Crippen LogP contribution in [0.25, 0.3) is 0 Å². The first-order valence-corrected chi connectivity index (χ1v) is 6.71. The van der Waals surface area contributed by atoms with Gasteiger partial charge in [-0.15, -0.1) is 0 Å². The molecule has 0 radical (unpaired) electrons. The minimum absolute atomic E-state index is 0.131. The van der Waals surface area contributed by atoms with Crippen LogP contribution in [0, 0.1) is 5.82 Å². The molecule has 4 heteroatoms. The normalized spacial score (nSPS) is 21.5. The van der Waals surface area contributed by atoms with Gasteiger partial charge in [0.25, 0.3) is 0 Å². The van der Waals surface area contributed by atoms with Gasteiger partial charge in [-0.1, -0.05) is 22.0 Å². The van der Waals surface area contributed by atoms with Crippen LogP contribution in [0.1, 0.15) is 29.7 Å². The molecular weight excluding hydrogens is 287 g/mol. The van der Waals surface area contributed by atoms with Gasteiger partial charge in [0.15, 0.2) is 11.6 Å². The van der Waals surface area contributed by atoms with Crippen molar-refractivity contribution >= 4 is 15.9 Å². The first-order valence-electron chi connectivity index (χ1n) is 5.80. The van der Waals surface area contributed by atoms with Gasteiger partial charge in [-0.2, -0.15) is 0 Å². The van der Waals surface area contributed by atoms with Crippen molar-refractivity contribution in [2.75, 3.05) is 13.7 Å². The number of benzene rings is 1. The minimum atomic E-state index is -0.318. The van der Waals surface area contributed by atoms with Crippen molar-refractivity contribution in [3.05, 3.63) is 29.6 Å². The average Bonchev–Trinajstić information content (AvgIpc) is 2.81. The van der Waals surface area contributed by atoms with E-state index in [1.807, 2.05) is 6.07 Å². The first-order chi connectivity index (χ1) is 8.20. The third-order valence-corrected chi connectivity index (χ3v) is 3.93. The molecule has 1 aromatic rings. The Kier molecular flexibility index (Phi) is 4.40. The third-order valence-electron chi connectivity index (χ3n) is 3.03. The van der Waals surface area contributed by atoms with Crippen LogP contribution in [0.2, 0.25) is 0 Å². The lowest BCUT2D eigenvalue weighted by molar-refractivity contribution is 0.104. The summed E-state index contributed by atoms with van der Waals surface area (Å²) in [7, 11) is 1.47. The molecule has 0 amide bonds. The molecule has 1 heterocycles. The van der Waals surface area contributed by atoms with Crippen LogP contribution in [-0.2, 0) is 4.74 Å². The lowest BCUT2D eigenvalue weighted by Gasteiger charge is -2.15. The van der Waals surface area contributed by atoms with Gasteiger partial charge in [-0.25, -0.2) is 4.39 Å². The standard InChI is InChI=1S/C13H16BrFO2/c1-16-13-5-4-9(7-12(13)15)11(14)8-10-3-2-6-17-10/h4-5,7,10-11H,2-3,6,8H2,1H3. The van der Waals surface area contributed by atoms with Gasteiger partial charge in [0, 0.05) is 11.4 Å². The Morgan fingerprint density at radius 2 is 2.41 bits per heavy atom. The van der Waals surface area contributed by atoms with Gasteiger partial charge >= 0.3 is 0 Å². The number of methoxy groups -OCH3 is 1. The van der Waals surface area contributed by atoms with Crippen LogP contribution < -0.4 is 4.74 Å². The molecule has 0 aliphatic carbocycles. The summed E-state index contributed by atoms with van der Waals surface area (Å²) in [5.74, 6) is -0.0349. The maximum absolute atomic E-state index is 13.5. The third kappa shape index (κ3) is 3.19. The summed E-state index contributed by atoms with van der Waals surface area (Å²) in [6.07, 6.45) is 3.40. The van der Waals surface area contributed by atoms with Crippen LogP contribution in [0.3, 0.4) is 0 Å². The Labute approximate surface area is 109 Å². The topological polar surface area (TPSA) is 18.5 Å². The summed E-state index contributed by atoms with van der Waals surface area (Å²) in [6.45, 7) is 0.849. The monoisotopic (exact) mass is 302 g/mol. The van der Waals surface area contributed by atoms with Crippen LogP contribution in [-0.4, -0.2) is 19.8 Å². The van der Waals surface area contributed by atoms with Crippen molar-refractivity contribution in [1.82, 2.24) is 0 Å². The molecule has 0 bridgehead atoms. The molecule has 0 spiro atoms. The van der Waals surface area contributed by atoms with E-state index in [-0.39, 0.29) is 16.4 Å². The van der Waals surface area contributed by atoms with E-state index in [1.54, 1.807) is 6.07 Å². The number of hydrogen-bond donors (Lipinski definition) is 0. The zero-order chi connectivity index (χ0) is 12.3. The maximum atomic E-state index is 13.5. The summed E-state index contributed by atoms with van der Waals surface area (Å²) >= 11 is 3.59. The fourth-order valence-corrected chi connectivity index (χ4v) is 2.78. The largest absolute Gasteiger partial charge is 0.494 e. The summed E-state index contributed by atoms with van der Waals surface area (Å²) in [4.78, 5) is 0.131. The summed E-state index contributed by atoms with van der Waals surface area (Å²) in [6, 6.07) is 5.07. The number of halogens is 2. The van der Waals surface area contributed by atoms with E-state index in [2.05, 4.69) is 15.9 Å². The highest BCUT2D eigenvalue weighted by Gasteiger charge is 2.20. The van der Waals surface area contributed by atoms with E-state index in [4.69, 9.17) is 9.47 Å². The fourth-order valence-electron chi connectivity index (χ4n) is 2.07. The van der Waals surface area contributed by atoms with Crippen LogP contribution in [0.4, 0.5) is 4.39 Å². The van der Waals surface area contributed by atoms with Crippen molar-refractivity contribution in [1.29, 1.82) is 0 Å². The predicted molar refractivity (Wildman–Crippen MR) is 68.2 cm³/mol. The molecule has 1 saturated heterocycles. The van der Waals surface area contributed by atoms with E-state index >= 15 is 0 Å². The van der Waals surface area contributed by atoms with Gasteiger partial charge in [-0.3, -0.25) is 0 Å². The van der Waals surface area contributed by atoms with Crippen molar-refractivity contribution in [2.45, 2.75) is 30.2 Å². The van der Waals surface area contributed by atoms with Crippen molar-refractivity contribution in [2.24, 2.45) is 0 Å². The van der Waals surface area contributed by atoms with Gasteiger partial charge in [0.05, 0.1) is 13.2 Å². The van der Waals surface area contributed by atoms with E-state index in [0.29, 0.717) is 6.10 Å². The van der Waals surface area contributed by atoms with Crippen molar-refractivity contribution < 1.29 is 13.9 Å². The summed E-state index contributed by atoms with van der Waals surface area (Å²) in [5, 5.41) is 0. The highest BCUT2D eigenvalue weighted by Crippen LogP contribution is 2.33. The number of alkyl halides is 1. The van der Waals surface area contributed by atoms with Crippen LogP contribution in [0.15, 0.2) is 18.2 Å². The maximum Gasteiger partial charge on any atom is 0.165 e. The predicted octanol–water partition coefficient (Wildman–Crippen LogP) is 3.84. The molecule has 2 unspecified atom stereocenters. The SMILES string of the molecule is COc1ccc(C(Br)CC2CCCO2)cc1F. The molecule has 1 aromatic carbocycles. The molecule has 1 fully saturated rings. The smallest absolute Gasteiger partial charge is 0.165 e. The Balaban J connectivity index is 2.02. The van der Waals surface area contributed by atoms with Gasteiger partial charge in [0.1, 0.15) is 0 Å². The first kappa shape index (κ1) is 12.8. The minimum Gasteiger partial charge on any atom is -0.494 e. The zero-order valence-electron chi connectivity index (χ0n) is 9.79. The molecule has 1 aliphatic rings. The van der Waals surface area contributed by atoms with Gasteiger partial charge in [-0.05, 0) is 37.0 Å². The second-order valence-electron chi connectivity index (χ2n) is 4.23. The molecule has 0 aromatic heterocycles. The number of ether oxygens (including phenoxy) is 2. The second kappa shape index (κ2) is 5.83. The van der Waals surface area contributed by atoms with E-state index in [0.717, 1.165) is 31.4 Å². The van der Waals surface area contributed by atoms with Crippen molar-refractivity contribution in [3.63, 3.8) is 0 Å².